The van der Waals surface area contributed by atoms with Gasteiger partial charge in [0, 0.05) is 15.4 Å². The Bertz CT molecular complexity index is 873. The monoisotopic (exact) mass is 338 g/mol. The SMILES string of the molecule is Brc1ccc(-c2cc(-c3cc4ccccc4o3)[nH]n2)cc1. The fraction of sp³-hybridized carbons (Fsp3) is 0. The molecule has 0 aliphatic rings. The number of aromatic nitrogens is 2. The Hall–Kier alpha value is -2.33. The molecule has 2 aromatic carbocycles. The van der Waals surface area contributed by atoms with Crippen LogP contribution in [0.4, 0.5) is 0 Å². The van der Waals surface area contributed by atoms with Crippen molar-refractivity contribution in [2.24, 2.45) is 0 Å². The number of hydrogen-bond donors (Lipinski definition) is 1. The van der Waals surface area contributed by atoms with Crippen molar-refractivity contribution in [3.05, 3.63) is 65.1 Å². The summed E-state index contributed by atoms with van der Waals surface area (Å²) in [7, 11) is 0. The molecule has 0 radical (unpaired) electrons. The molecule has 0 saturated carbocycles. The van der Waals surface area contributed by atoms with E-state index in [1.807, 2.05) is 60.7 Å². The summed E-state index contributed by atoms with van der Waals surface area (Å²) in [6.07, 6.45) is 0. The molecule has 2 aromatic heterocycles. The van der Waals surface area contributed by atoms with Crippen LogP contribution < -0.4 is 0 Å². The molecule has 21 heavy (non-hydrogen) atoms. The first-order chi connectivity index (χ1) is 10.3. The number of para-hydroxylation sites is 1. The zero-order valence-electron chi connectivity index (χ0n) is 11.0. The maximum absolute atomic E-state index is 5.84. The molecule has 102 valence electrons. The number of furan rings is 1. The van der Waals surface area contributed by atoms with Gasteiger partial charge in [0.05, 0.1) is 5.69 Å². The second-order valence-electron chi connectivity index (χ2n) is 4.82. The van der Waals surface area contributed by atoms with Crippen LogP contribution in [0.2, 0.25) is 0 Å². The maximum Gasteiger partial charge on any atom is 0.153 e. The molecular weight excluding hydrogens is 328 g/mol. The number of nitrogens with zero attached hydrogens (tertiary/aromatic N) is 1. The van der Waals surface area contributed by atoms with Crippen LogP contribution in [0.1, 0.15) is 0 Å². The zero-order chi connectivity index (χ0) is 14.2. The molecule has 0 amide bonds. The minimum absolute atomic E-state index is 0.798. The van der Waals surface area contributed by atoms with Gasteiger partial charge in [-0.3, -0.25) is 5.10 Å². The van der Waals surface area contributed by atoms with Crippen molar-refractivity contribution in [3.63, 3.8) is 0 Å². The van der Waals surface area contributed by atoms with Crippen LogP contribution in [0.25, 0.3) is 33.7 Å². The third-order valence-corrected chi connectivity index (χ3v) is 3.94. The van der Waals surface area contributed by atoms with Crippen molar-refractivity contribution >= 4 is 26.9 Å². The van der Waals surface area contributed by atoms with Crippen molar-refractivity contribution in [2.45, 2.75) is 0 Å². The van der Waals surface area contributed by atoms with Gasteiger partial charge in [0.15, 0.2) is 5.76 Å². The molecule has 0 aliphatic heterocycles. The van der Waals surface area contributed by atoms with E-state index in [-0.39, 0.29) is 0 Å². The minimum atomic E-state index is 0.798. The Kier molecular flexibility index (Phi) is 2.89. The number of hydrogen-bond acceptors (Lipinski definition) is 2. The largest absolute Gasteiger partial charge is 0.454 e. The lowest BCUT2D eigenvalue weighted by atomic mass is 10.1. The summed E-state index contributed by atoms with van der Waals surface area (Å²) in [5, 5.41) is 8.49. The standard InChI is InChI=1S/C17H11BrN2O/c18-13-7-5-11(6-8-13)14-10-15(20-19-14)17-9-12-3-1-2-4-16(12)21-17/h1-10H,(H,19,20). The number of nitrogens with one attached hydrogen (secondary N) is 1. The molecule has 0 unspecified atom stereocenters. The van der Waals surface area contributed by atoms with Gasteiger partial charge in [-0.15, -0.1) is 0 Å². The van der Waals surface area contributed by atoms with Crippen LogP contribution in [0, 0.1) is 0 Å². The van der Waals surface area contributed by atoms with Gasteiger partial charge in [0.2, 0.25) is 0 Å². The van der Waals surface area contributed by atoms with Crippen LogP contribution in [-0.4, -0.2) is 10.2 Å². The highest BCUT2D eigenvalue weighted by atomic mass is 79.9. The highest BCUT2D eigenvalue weighted by Gasteiger charge is 2.10. The van der Waals surface area contributed by atoms with Crippen molar-refractivity contribution in [1.29, 1.82) is 0 Å². The normalized spacial score (nSPS) is 11.1. The smallest absolute Gasteiger partial charge is 0.153 e. The molecule has 4 aromatic rings. The average molecular weight is 339 g/mol. The Morgan fingerprint density at radius 1 is 0.952 bits per heavy atom. The number of aromatic amines is 1. The number of rotatable bonds is 2. The van der Waals surface area contributed by atoms with E-state index in [4.69, 9.17) is 4.42 Å². The maximum atomic E-state index is 5.84. The van der Waals surface area contributed by atoms with Crippen molar-refractivity contribution < 1.29 is 4.42 Å². The fourth-order valence-corrected chi connectivity index (χ4v) is 2.60. The lowest BCUT2D eigenvalue weighted by molar-refractivity contribution is 0.628. The number of benzene rings is 2. The summed E-state index contributed by atoms with van der Waals surface area (Å²) in [6, 6.07) is 20.1. The molecule has 0 spiro atoms. The minimum Gasteiger partial charge on any atom is -0.454 e. The molecule has 3 nitrogen and oxygen atoms in total. The van der Waals surface area contributed by atoms with E-state index in [2.05, 4.69) is 26.1 Å². The third kappa shape index (κ3) is 2.28. The van der Waals surface area contributed by atoms with Gasteiger partial charge < -0.3 is 4.42 Å². The molecule has 0 atom stereocenters. The van der Waals surface area contributed by atoms with Crippen molar-refractivity contribution in [1.82, 2.24) is 10.2 Å². The van der Waals surface area contributed by atoms with E-state index in [0.717, 1.165) is 38.2 Å². The summed E-state index contributed by atoms with van der Waals surface area (Å²) in [4.78, 5) is 0. The van der Waals surface area contributed by atoms with Gasteiger partial charge in [0.1, 0.15) is 11.3 Å². The van der Waals surface area contributed by atoms with Crippen LogP contribution in [-0.2, 0) is 0 Å². The first-order valence-electron chi connectivity index (χ1n) is 6.60. The first-order valence-corrected chi connectivity index (χ1v) is 7.39. The second-order valence-corrected chi connectivity index (χ2v) is 5.74. The van der Waals surface area contributed by atoms with Crippen LogP contribution >= 0.6 is 15.9 Å². The number of halogens is 1. The Labute approximate surface area is 129 Å². The van der Waals surface area contributed by atoms with Crippen molar-refractivity contribution in [2.75, 3.05) is 0 Å². The highest BCUT2D eigenvalue weighted by Crippen LogP contribution is 2.29. The molecule has 4 heteroatoms. The molecule has 0 aliphatic carbocycles. The average Bonchev–Trinajstić information content (AvgIpc) is 3.14. The van der Waals surface area contributed by atoms with E-state index in [0.29, 0.717) is 0 Å². The Morgan fingerprint density at radius 2 is 1.76 bits per heavy atom. The lowest BCUT2D eigenvalue weighted by Crippen LogP contribution is -1.76. The highest BCUT2D eigenvalue weighted by molar-refractivity contribution is 9.10. The second kappa shape index (κ2) is 4.90. The van der Waals surface area contributed by atoms with E-state index < -0.39 is 0 Å². The topological polar surface area (TPSA) is 41.8 Å². The van der Waals surface area contributed by atoms with Crippen LogP contribution in [0.15, 0.2) is 69.6 Å². The van der Waals surface area contributed by atoms with Gasteiger partial charge in [-0.1, -0.05) is 46.3 Å². The van der Waals surface area contributed by atoms with Crippen LogP contribution in [0.5, 0.6) is 0 Å². The van der Waals surface area contributed by atoms with Crippen LogP contribution in [0.3, 0.4) is 0 Å². The lowest BCUT2D eigenvalue weighted by Gasteiger charge is -1.95. The molecule has 4 rings (SSSR count). The summed E-state index contributed by atoms with van der Waals surface area (Å²) in [5.74, 6) is 0.798. The molecule has 2 heterocycles. The van der Waals surface area contributed by atoms with E-state index in [1.54, 1.807) is 0 Å². The third-order valence-electron chi connectivity index (χ3n) is 3.41. The van der Waals surface area contributed by atoms with E-state index in [9.17, 15) is 0 Å². The molecule has 0 saturated heterocycles. The summed E-state index contributed by atoms with van der Waals surface area (Å²) in [6.45, 7) is 0. The molecule has 0 fully saturated rings. The predicted molar refractivity (Wildman–Crippen MR) is 86.9 cm³/mol. The van der Waals surface area contributed by atoms with Gasteiger partial charge in [-0.05, 0) is 30.3 Å². The van der Waals surface area contributed by atoms with Gasteiger partial charge in [-0.2, -0.15) is 5.10 Å². The van der Waals surface area contributed by atoms with E-state index in [1.165, 1.54) is 0 Å². The molecule has 1 N–H and O–H groups in total. The number of H-pyrrole nitrogens is 1. The molecule has 0 bridgehead atoms. The van der Waals surface area contributed by atoms with Crippen molar-refractivity contribution in [3.8, 4) is 22.7 Å². The van der Waals surface area contributed by atoms with Gasteiger partial charge in [0.25, 0.3) is 0 Å². The molecular formula is C17H11BrN2O. The fourth-order valence-electron chi connectivity index (χ4n) is 2.33. The Morgan fingerprint density at radius 3 is 2.57 bits per heavy atom. The number of fused-ring (bicyclic) bond motifs is 1. The Balaban J connectivity index is 1.75. The summed E-state index contributed by atoms with van der Waals surface area (Å²) >= 11 is 3.44. The van der Waals surface area contributed by atoms with E-state index >= 15 is 0 Å². The zero-order valence-corrected chi connectivity index (χ0v) is 12.6. The van der Waals surface area contributed by atoms with Gasteiger partial charge >= 0.3 is 0 Å². The summed E-state index contributed by atoms with van der Waals surface area (Å²) < 4.78 is 6.90. The summed E-state index contributed by atoms with van der Waals surface area (Å²) in [5.41, 5.74) is 3.73. The quantitative estimate of drug-likeness (QED) is 0.542. The predicted octanol–water partition coefficient (Wildman–Crippen LogP) is 5.25. The van der Waals surface area contributed by atoms with Gasteiger partial charge in [-0.25, -0.2) is 0 Å². The first kappa shape index (κ1) is 12.4.